The van der Waals surface area contributed by atoms with Crippen molar-refractivity contribution in [2.75, 3.05) is 0 Å². The van der Waals surface area contributed by atoms with Crippen LogP contribution in [0.2, 0.25) is 0 Å². The normalized spacial score (nSPS) is 14.7. The molecule has 704 valence electrons. The highest BCUT2D eigenvalue weighted by molar-refractivity contribution is 7.27. The van der Waals surface area contributed by atoms with Crippen LogP contribution in [-0.4, -0.2) is 29.9 Å². The van der Waals surface area contributed by atoms with Gasteiger partial charge in [0.25, 0.3) is 0 Å². The summed E-state index contributed by atoms with van der Waals surface area (Å²) < 4.78 is 8.09. The van der Waals surface area contributed by atoms with Gasteiger partial charge in [-0.25, -0.2) is 29.9 Å². The Balaban J connectivity index is 0.000000109. The van der Waals surface area contributed by atoms with Crippen LogP contribution in [-0.2, 0) is 32.5 Å². The SMILES string of the molecule is CC1(C)c2cc3sc4ccc(-c5ccc6c(-c7ccccc7)nc(-c7ccccc7)nc6c5)cc4c3cc2-c2ccc3ccccc3c2C1(C)C.CC1(C)c2ccccc2-c2c(c3sc4ccc(-c5ccc6c(-c7ccccc7)nc(-c7ccccc7)nc6c5)cc4c3c3ccccc23)C1(C)C.CC1(C)c2ccccc2-c2c(c3sc4ccc(-c5nc6ccccc6nc5-c5ccccc5)cc4c3c3ccccc23)C1(C)C. The van der Waals surface area contributed by atoms with Gasteiger partial charge in [0.2, 0.25) is 0 Å². The molecule has 26 aromatic rings. The second-order valence-electron chi connectivity index (χ2n) is 43.4. The third-order valence-corrected chi connectivity index (χ3v) is 37.7. The molecule has 29 rings (SSSR count). The number of hydrogen-bond acceptors (Lipinski definition) is 9. The second-order valence-corrected chi connectivity index (χ2v) is 46.6. The minimum Gasteiger partial charge on any atom is -0.244 e. The van der Waals surface area contributed by atoms with Gasteiger partial charge in [-0.05, 0) is 223 Å². The zero-order chi connectivity index (χ0) is 99.5. The van der Waals surface area contributed by atoms with Crippen molar-refractivity contribution in [2.45, 2.75) is 116 Å². The molecule has 0 bridgehead atoms. The second kappa shape index (κ2) is 33.7. The molecule has 3 aliphatic rings. The van der Waals surface area contributed by atoms with Crippen LogP contribution in [0.25, 0.3) is 249 Å². The Morgan fingerprint density at radius 2 is 0.531 bits per heavy atom. The van der Waals surface area contributed by atoms with Gasteiger partial charge in [-0.2, -0.15) is 0 Å². The summed E-state index contributed by atoms with van der Waals surface area (Å²) in [5, 5.41) is 18.0. The Morgan fingerprint density at radius 1 is 0.177 bits per heavy atom. The van der Waals surface area contributed by atoms with Crippen LogP contribution in [0.15, 0.2) is 413 Å². The predicted molar refractivity (Wildman–Crippen MR) is 628 cm³/mol. The van der Waals surface area contributed by atoms with Crippen LogP contribution >= 0.6 is 34.0 Å². The van der Waals surface area contributed by atoms with Gasteiger partial charge in [-0.1, -0.05) is 411 Å². The van der Waals surface area contributed by atoms with Gasteiger partial charge < -0.3 is 0 Å². The van der Waals surface area contributed by atoms with Crippen LogP contribution < -0.4 is 0 Å². The number of benzene rings is 20. The van der Waals surface area contributed by atoms with E-state index >= 15 is 0 Å². The van der Waals surface area contributed by atoms with Crippen molar-refractivity contribution in [3.63, 3.8) is 0 Å². The molecule has 9 heteroatoms. The fraction of sp³-hybridized carbons (Fsp3) is 0.130. The topological polar surface area (TPSA) is 77.3 Å². The molecule has 0 saturated carbocycles. The molecule has 0 unspecified atom stereocenters. The lowest BCUT2D eigenvalue weighted by Crippen LogP contribution is -2.43. The number of fused-ring (bicyclic) bond motifs is 31. The van der Waals surface area contributed by atoms with E-state index in [-0.39, 0.29) is 32.5 Å². The lowest BCUT2D eigenvalue weighted by molar-refractivity contribution is 0.301. The minimum atomic E-state index is -0.0903. The smallest absolute Gasteiger partial charge is 0.160 e. The molecule has 6 heterocycles. The van der Waals surface area contributed by atoms with E-state index in [4.69, 9.17) is 29.9 Å². The number of nitrogens with zero attached hydrogens (tertiary/aromatic N) is 6. The van der Waals surface area contributed by atoms with Crippen LogP contribution in [0, 0.1) is 0 Å². The maximum Gasteiger partial charge on any atom is 0.160 e. The highest BCUT2D eigenvalue weighted by atomic mass is 32.1. The molecule has 0 radical (unpaired) electrons. The number of rotatable bonds is 8. The number of aromatic nitrogens is 6. The molecule has 147 heavy (non-hydrogen) atoms. The lowest BCUT2D eigenvalue weighted by atomic mass is 9.54. The molecule has 0 amide bonds. The summed E-state index contributed by atoms with van der Waals surface area (Å²) in [4.78, 5) is 30.9. The van der Waals surface area contributed by atoms with Gasteiger partial charge in [0.15, 0.2) is 11.6 Å². The van der Waals surface area contributed by atoms with E-state index in [1.807, 2.05) is 107 Å². The number of para-hydroxylation sites is 2. The van der Waals surface area contributed by atoms with Gasteiger partial charge in [0, 0.05) is 121 Å². The summed E-state index contributed by atoms with van der Waals surface area (Å²) in [7, 11) is 0. The van der Waals surface area contributed by atoms with Gasteiger partial charge in [0.05, 0.1) is 44.8 Å². The average molecular weight is 1940 g/mol. The number of thiophene rings is 3. The molecular formula is C138H104N6S3. The molecule has 0 saturated heterocycles. The molecule has 6 nitrogen and oxygen atoms in total. The highest BCUT2D eigenvalue weighted by Crippen LogP contribution is 2.64. The van der Waals surface area contributed by atoms with E-state index in [0.29, 0.717) is 0 Å². The summed E-state index contributed by atoms with van der Waals surface area (Å²) in [6.45, 7) is 29.2. The summed E-state index contributed by atoms with van der Waals surface area (Å²) in [5.74, 6) is 1.48. The van der Waals surface area contributed by atoms with Crippen LogP contribution in [0.4, 0.5) is 0 Å². The maximum absolute atomic E-state index is 5.23. The number of hydrogen-bond donors (Lipinski definition) is 0. The van der Waals surface area contributed by atoms with E-state index in [0.717, 1.165) is 112 Å². The Kier molecular flexibility index (Phi) is 20.6. The molecule has 20 aromatic carbocycles. The maximum atomic E-state index is 5.23. The van der Waals surface area contributed by atoms with Crippen molar-refractivity contribution < 1.29 is 0 Å². The van der Waals surface area contributed by atoms with E-state index in [1.165, 1.54) is 171 Å². The van der Waals surface area contributed by atoms with Crippen molar-refractivity contribution >= 4 is 160 Å². The molecule has 0 N–H and O–H groups in total. The molecule has 0 fully saturated rings. The van der Waals surface area contributed by atoms with E-state index in [1.54, 1.807) is 0 Å². The Labute approximate surface area is 867 Å². The molecular weight excluding hydrogens is 1840 g/mol. The zero-order valence-corrected chi connectivity index (χ0v) is 86.6. The average Bonchev–Trinajstić information content (AvgIpc) is 1.64. The molecule has 0 aliphatic heterocycles. The fourth-order valence-electron chi connectivity index (χ4n) is 24.5. The van der Waals surface area contributed by atoms with Gasteiger partial charge in [-0.3, -0.25) is 0 Å². The third-order valence-electron chi connectivity index (χ3n) is 34.2. The van der Waals surface area contributed by atoms with Crippen molar-refractivity contribution in [2.24, 2.45) is 0 Å². The highest BCUT2D eigenvalue weighted by Gasteiger charge is 2.51. The first kappa shape index (κ1) is 89.7. The first-order valence-electron chi connectivity index (χ1n) is 51.2. The van der Waals surface area contributed by atoms with Crippen molar-refractivity contribution in [3.8, 4) is 123 Å². The Bertz CT molecular complexity index is 9980. The van der Waals surface area contributed by atoms with Crippen LogP contribution in [0.1, 0.15) is 116 Å². The monoisotopic (exact) mass is 1940 g/mol. The summed E-state index contributed by atoms with van der Waals surface area (Å²) in [6, 6.07) is 149. The Morgan fingerprint density at radius 3 is 1.01 bits per heavy atom. The largest absolute Gasteiger partial charge is 0.244 e. The summed E-state index contributed by atoms with van der Waals surface area (Å²) in [6.07, 6.45) is 0. The molecule has 6 aromatic heterocycles. The first-order chi connectivity index (χ1) is 71.4. The van der Waals surface area contributed by atoms with Crippen molar-refractivity contribution in [3.05, 3.63) is 446 Å². The van der Waals surface area contributed by atoms with E-state index in [2.05, 4.69) is 423 Å². The van der Waals surface area contributed by atoms with Crippen LogP contribution in [0.3, 0.4) is 0 Å². The van der Waals surface area contributed by atoms with E-state index < -0.39 is 0 Å². The van der Waals surface area contributed by atoms with E-state index in [9.17, 15) is 0 Å². The van der Waals surface area contributed by atoms with Crippen molar-refractivity contribution in [1.29, 1.82) is 0 Å². The van der Waals surface area contributed by atoms with Gasteiger partial charge in [0.1, 0.15) is 0 Å². The first-order valence-corrected chi connectivity index (χ1v) is 53.6. The third kappa shape index (κ3) is 13.9. The summed E-state index contributed by atoms with van der Waals surface area (Å²) >= 11 is 5.80. The minimum absolute atomic E-state index is 0.0431. The molecule has 0 spiro atoms. The van der Waals surface area contributed by atoms with Gasteiger partial charge in [-0.15, -0.1) is 34.0 Å². The van der Waals surface area contributed by atoms with Gasteiger partial charge >= 0.3 is 0 Å². The lowest BCUT2D eigenvalue weighted by Gasteiger charge is -2.49. The van der Waals surface area contributed by atoms with Crippen LogP contribution in [0.5, 0.6) is 0 Å². The zero-order valence-electron chi connectivity index (χ0n) is 84.2. The fourth-order valence-corrected chi connectivity index (χ4v) is 28.5. The Hall–Kier alpha value is -16.1. The predicted octanol–water partition coefficient (Wildman–Crippen LogP) is 38.5. The molecule has 3 aliphatic carbocycles. The quantitative estimate of drug-likeness (QED) is 0.151. The molecule has 0 atom stereocenters. The summed E-state index contributed by atoms with van der Waals surface area (Å²) in [5.41, 5.74) is 35.1. The van der Waals surface area contributed by atoms with Crippen molar-refractivity contribution in [1.82, 2.24) is 29.9 Å². The standard InChI is InChI=1S/2C48H36N2S.C42H32N2S/c1-47(2)38-22-14-13-21-35(38)41-33-19-11-12-20-34(33)42-37-27-31(24-26-40(37)51-45(42)43(41)48(47,3)4)32-23-25-36-39(28-32)49-46(30-17-9-6-10-18-30)50-44(36)29-15-7-5-8-16-29;1-47(2)40-28-43-39(27-37(40)35-22-19-29-13-11-12-18-34(29)44(35)48(47,3)4)38-25-32(21-24-42(38)51-43)33-20-23-36-41(26-33)49-46(31-16-9-6-10-17-31)50-45(36)30-14-7-5-8-15-30;1-41(2)31-19-11-10-18-29(31)35-27-16-8-9-17-28(27)36-30-24-26(22-23-34(30)45-40(36)37(35)42(41,3)4)39-38(25-14-6-5-7-15-25)43-32-20-12-13-21-33(32)44-39/h2*5-28H,1-4H3;5-24H,1-4H3.